The van der Waals surface area contributed by atoms with Gasteiger partial charge in [0.15, 0.2) is 0 Å². The van der Waals surface area contributed by atoms with E-state index >= 15 is 0 Å². The molecule has 0 saturated heterocycles. The summed E-state index contributed by atoms with van der Waals surface area (Å²) in [4.78, 5) is 22.6. The molecule has 5 heteroatoms. The van der Waals surface area contributed by atoms with Crippen LogP contribution in [0.2, 0.25) is 0 Å². The van der Waals surface area contributed by atoms with E-state index in [9.17, 15) is 9.59 Å². The zero-order valence-electron chi connectivity index (χ0n) is 10.7. The zero-order chi connectivity index (χ0) is 13.5. The van der Waals surface area contributed by atoms with Crippen LogP contribution in [0.3, 0.4) is 0 Å². The first-order valence-electron chi connectivity index (χ1n) is 5.91. The molecule has 0 aliphatic heterocycles. The molecule has 0 aliphatic carbocycles. The van der Waals surface area contributed by atoms with Crippen LogP contribution in [0.25, 0.3) is 0 Å². The van der Waals surface area contributed by atoms with Crippen molar-refractivity contribution < 1.29 is 9.59 Å². The quantitative estimate of drug-likeness (QED) is 0.740. The molecule has 1 aromatic rings. The molecule has 0 spiro atoms. The lowest BCUT2D eigenvalue weighted by atomic mass is 10.1. The fourth-order valence-corrected chi connectivity index (χ4v) is 1.43. The Kier molecular flexibility index (Phi) is 5.32. The third kappa shape index (κ3) is 4.97. The predicted octanol–water partition coefficient (Wildman–Crippen LogP) is 1.57. The van der Waals surface area contributed by atoms with Gasteiger partial charge in [-0.2, -0.15) is 0 Å². The molecular weight excluding hydrogens is 230 g/mol. The molecule has 98 valence electrons. The molecule has 1 rings (SSSR count). The third-order valence-electron chi connectivity index (χ3n) is 2.23. The largest absolute Gasteiger partial charge is 0.326 e. The Labute approximate surface area is 107 Å². The van der Waals surface area contributed by atoms with Gasteiger partial charge in [-0.25, -0.2) is 0 Å². The fraction of sp³-hybridized carbons (Fsp3) is 0.385. The van der Waals surface area contributed by atoms with Crippen LogP contribution in [0.5, 0.6) is 0 Å². The summed E-state index contributed by atoms with van der Waals surface area (Å²) >= 11 is 0. The second-order valence-electron chi connectivity index (χ2n) is 4.48. The van der Waals surface area contributed by atoms with E-state index < -0.39 is 0 Å². The van der Waals surface area contributed by atoms with E-state index in [1.165, 1.54) is 0 Å². The lowest BCUT2D eigenvalue weighted by Gasteiger charge is -2.08. The van der Waals surface area contributed by atoms with Crippen LogP contribution in [0, 0.1) is 5.92 Å². The van der Waals surface area contributed by atoms with Crippen LogP contribution in [0.1, 0.15) is 20.3 Å². The van der Waals surface area contributed by atoms with Gasteiger partial charge in [-0.05, 0) is 30.2 Å². The zero-order valence-corrected chi connectivity index (χ0v) is 10.7. The molecule has 0 unspecified atom stereocenters. The van der Waals surface area contributed by atoms with Gasteiger partial charge in [-0.15, -0.1) is 0 Å². The molecule has 4 N–H and O–H groups in total. The maximum atomic E-state index is 11.5. The summed E-state index contributed by atoms with van der Waals surface area (Å²) in [7, 11) is 0. The van der Waals surface area contributed by atoms with Crippen molar-refractivity contribution in [3.8, 4) is 0 Å². The number of hydrogen-bond donors (Lipinski definition) is 3. The number of nitrogens with one attached hydrogen (secondary N) is 2. The minimum absolute atomic E-state index is 0.0104. The molecule has 0 heterocycles. The van der Waals surface area contributed by atoms with Crippen LogP contribution < -0.4 is 16.4 Å². The minimum Gasteiger partial charge on any atom is -0.326 e. The Hall–Kier alpha value is -1.88. The highest BCUT2D eigenvalue weighted by Crippen LogP contribution is 2.14. The topological polar surface area (TPSA) is 84.2 Å². The van der Waals surface area contributed by atoms with Gasteiger partial charge in [0.2, 0.25) is 11.8 Å². The maximum Gasteiger partial charge on any atom is 0.238 e. The Bertz CT molecular complexity index is 413. The molecule has 0 fully saturated rings. The second-order valence-corrected chi connectivity index (χ2v) is 4.48. The Balaban J connectivity index is 2.55. The van der Waals surface area contributed by atoms with E-state index in [4.69, 9.17) is 5.73 Å². The smallest absolute Gasteiger partial charge is 0.238 e. The average molecular weight is 249 g/mol. The Morgan fingerprint density at radius 3 is 1.89 bits per heavy atom. The van der Waals surface area contributed by atoms with Crippen molar-refractivity contribution in [2.24, 2.45) is 11.7 Å². The lowest BCUT2D eigenvalue weighted by Crippen LogP contribution is -2.21. The van der Waals surface area contributed by atoms with Crippen LogP contribution in [-0.2, 0) is 9.59 Å². The van der Waals surface area contributed by atoms with Crippen molar-refractivity contribution in [3.05, 3.63) is 24.3 Å². The number of amides is 2. The van der Waals surface area contributed by atoms with Crippen molar-refractivity contribution in [3.63, 3.8) is 0 Å². The number of carbonyl (C=O) groups excluding carboxylic acids is 2. The molecule has 18 heavy (non-hydrogen) atoms. The minimum atomic E-state index is -0.244. The average Bonchev–Trinajstić information content (AvgIpc) is 2.30. The molecule has 0 radical (unpaired) electrons. The van der Waals surface area contributed by atoms with Gasteiger partial charge in [0.05, 0.1) is 6.54 Å². The highest BCUT2D eigenvalue weighted by Gasteiger charge is 2.05. The second kappa shape index (κ2) is 6.76. The first kappa shape index (κ1) is 14.2. The molecular formula is C13H19N3O2. The summed E-state index contributed by atoms with van der Waals surface area (Å²) < 4.78 is 0. The van der Waals surface area contributed by atoms with Crippen LogP contribution in [0.15, 0.2) is 24.3 Å². The number of carbonyl (C=O) groups is 2. The van der Waals surface area contributed by atoms with Crippen LogP contribution >= 0.6 is 0 Å². The molecule has 0 saturated carbocycles. The summed E-state index contributed by atoms with van der Waals surface area (Å²) in [5.74, 6) is 0.0726. The summed E-state index contributed by atoms with van der Waals surface area (Å²) in [5, 5.41) is 5.42. The number of benzene rings is 1. The Morgan fingerprint density at radius 1 is 1.06 bits per heavy atom. The van der Waals surface area contributed by atoms with Gasteiger partial charge < -0.3 is 16.4 Å². The van der Waals surface area contributed by atoms with Crippen molar-refractivity contribution in [1.29, 1.82) is 0 Å². The van der Waals surface area contributed by atoms with Gasteiger partial charge in [-0.3, -0.25) is 9.59 Å². The van der Waals surface area contributed by atoms with Crippen LogP contribution in [-0.4, -0.2) is 18.4 Å². The van der Waals surface area contributed by atoms with E-state index in [0.717, 1.165) is 0 Å². The molecule has 5 nitrogen and oxygen atoms in total. The van der Waals surface area contributed by atoms with Gasteiger partial charge in [-0.1, -0.05) is 13.8 Å². The van der Waals surface area contributed by atoms with Gasteiger partial charge in [0.25, 0.3) is 0 Å². The van der Waals surface area contributed by atoms with E-state index in [1.54, 1.807) is 24.3 Å². The van der Waals surface area contributed by atoms with Crippen molar-refractivity contribution in [2.75, 3.05) is 17.2 Å². The number of nitrogens with two attached hydrogens (primary N) is 1. The molecule has 2 amide bonds. The summed E-state index contributed by atoms with van der Waals surface area (Å²) in [5.41, 5.74) is 6.57. The van der Waals surface area contributed by atoms with E-state index in [0.29, 0.717) is 23.7 Å². The first-order chi connectivity index (χ1) is 8.51. The third-order valence-corrected chi connectivity index (χ3v) is 2.23. The van der Waals surface area contributed by atoms with Gasteiger partial charge in [0, 0.05) is 17.8 Å². The molecule has 0 atom stereocenters. The first-order valence-corrected chi connectivity index (χ1v) is 5.91. The number of rotatable bonds is 5. The molecule has 0 bridgehead atoms. The van der Waals surface area contributed by atoms with Crippen molar-refractivity contribution in [1.82, 2.24) is 0 Å². The van der Waals surface area contributed by atoms with Gasteiger partial charge >= 0.3 is 0 Å². The number of hydrogen-bond acceptors (Lipinski definition) is 3. The summed E-state index contributed by atoms with van der Waals surface area (Å²) in [6.45, 7) is 3.93. The van der Waals surface area contributed by atoms with E-state index in [2.05, 4.69) is 10.6 Å². The number of anilines is 2. The van der Waals surface area contributed by atoms with E-state index in [1.807, 2.05) is 13.8 Å². The highest BCUT2D eigenvalue weighted by molar-refractivity contribution is 5.93. The normalized spacial score (nSPS) is 10.2. The monoisotopic (exact) mass is 249 g/mol. The lowest BCUT2D eigenvalue weighted by molar-refractivity contribution is -0.117. The summed E-state index contributed by atoms with van der Waals surface area (Å²) in [6.07, 6.45) is 0.492. The SMILES string of the molecule is CC(C)CC(=O)Nc1ccc(NC(=O)CN)cc1. The van der Waals surface area contributed by atoms with Crippen molar-refractivity contribution >= 4 is 23.2 Å². The van der Waals surface area contributed by atoms with Crippen LogP contribution in [0.4, 0.5) is 11.4 Å². The molecule has 0 aromatic heterocycles. The summed E-state index contributed by atoms with van der Waals surface area (Å²) in [6, 6.07) is 6.92. The fourth-order valence-electron chi connectivity index (χ4n) is 1.43. The standard InChI is InChI=1S/C13H19N3O2/c1-9(2)7-12(17)15-10-3-5-11(6-4-10)16-13(18)8-14/h3-6,9H,7-8,14H2,1-2H3,(H,15,17)(H,16,18). The maximum absolute atomic E-state index is 11.5. The van der Waals surface area contributed by atoms with Crippen molar-refractivity contribution in [2.45, 2.75) is 20.3 Å². The molecule has 0 aliphatic rings. The Morgan fingerprint density at radius 2 is 1.50 bits per heavy atom. The van der Waals surface area contributed by atoms with Gasteiger partial charge in [0.1, 0.15) is 0 Å². The predicted molar refractivity (Wildman–Crippen MR) is 72.2 cm³/mol. The highest BCUT2D eigenvalue weighted by atomic mass is 16.2. The molecule has 1 aromatic carbocycles. The van der Waals surface area contributed by atoms with E-state index in [-0.39, 0.29) is 18.4 Å².